The molecular formula is C13H18N4O3. The van der Waals surface area contributed by atoms with Gasteiger partial charge < -0.3 is 20.0 Å². The zero-order valence-corrected chi connectivity index (χ0v) is 11.2. The quantitative estimate of drug-likeness (QED) is 0.838. The normalized spacial score (nSPS) is 24.4. The molecule has 2 saturated heterocycles. The van der Waals surface area contributed by atoms with Crippen LogP contribution in [0.4, 0.5) is 6.01 Å². The first kappa shape index (κ1) is 13.0. The molecule has 3 rings (SSSR count). The Kier molecular flexibility index (Phi) is 3.33. The highest BCUT2D eigenvalue weighted by atomic mass is 16.4. The van der Waals surface area contributed by atoms with Crippen LogP contribution in [-0.2, 0) is 9.59 Å². The number of carbonyl (C=O) groups excluding carboxylic acids is 2. The van der Waals surface area contributed by atoms with Gasteiger partial charge in [-0.2, -0.15) is 0 Å². The van der Waals surface area contributed by atoms with Gasteiger partial charge in [-0.3, -0.25) is 9.59 Å². The molecule has 1 unspecified atom stereocenters. The van der Waals surface area contributed by atoms with Crippen LogP contribution in [0.25, 0.3) is 0 Å². The van der Waals surface area contributed by atoms with Crippen molar-refractivity contribution >= 4 is 17.8 Å². The molecule has 7 nitrogen and oxygen atoms in total. The van der Waals surface area contributed by atoms with Gasteiger partial charge in [-0.05, 0) is 12.8 Å². The smallest absolute Gasteiger partial charge is 0.297 e. The molecule has 0 saturated carbocycles. The Morgan fingerprint density at radius 1 is 1.40 bits per heavy atom. The zero-order valence-electron chi connectivity index (χ0n) is 11.2. The maximum Gasteiger partial charge on any atom is 0.297 e. The molecule has 2 aliphatic heterocycles. The summed E-state index contributed by atoms with van der Waals surface area (Å²) < 4.78 is 5.28. The Morgan fingerprint density at radius 2 is 2.15 bits per heavy atom. The fraction of sp³-hybridized carbons (Fsp3) is 0.615. The number of rotatable bonds is 3. The van der Waals surface area contributed by atoms with E-state index in [-0.39, 0.29) is 30.2 Å². The summed E-state index contributed by atoms with van der Waals surface area (Å²) in [5.74, 6) is -0.659. The number of nitrogens with two attached hydrogens (primary N) is 1. The number of anilines is 1. The Hall–Kier alpha value is -2.05. The average molecular weight is 278 g/mol. The maximum atomic E-state index is 12.0. The number of primary amides is 1. The van der Waals surface area contributed by atoms with E-state index >= 15 is 0 Å². The number of piperidine rings is 1. The Bertz CT molecular complexity index is 494. The highest BCUT2D eigenvalue weighted by molar-refractivity contribution is 5.88. The van der Waals surface area contributed by atoms with Crippen LogP contribution in [0, 0.1) is 5.92 Å². The second-order valence-electron chi connectivity index (χ2n) is 5.38. The first-order valence-corrected chi connectivity index (χ1v) is 6.88. The van der Waals surface area contributed by atoms with Crippen molar-refractivity contribution in [2.75, 3.05) is 24.5 Å². The number of carbonyl (C=O) groups is 2. The summed E-state index contributed by atoms with van der Waals surface area (Å²) in [6, 6.07) is 0.823. The van der Waals surface area contributed by atoms with E-state index in [4.69, 9.17) is 10.2 Å². The van der Waals surface area contributed by atoms with Gasteiger partial charge in [0.15, 0.2) is 0 Å². The predicted molar refractivity (Wildman–Crippen MR) is 70.8 cm³/mol. The van der Waals surface area contributed by atoms with Gasteiger partial charge in [0.25, 0.3) is 6.01 Å². The van der Waals surface area contributed by atoms with Crippen LogP contribution < -0.4 is 10.6 Å². The summed E-state index contributed by atoms with van der Waals surface area (Å²) in [5.41, 5.74) is 5.29. The minimum atomic E-state index is -0.377. The number of nitrogens with zero attached hydrogens (tertiary/aromatic N) is 3. The highest BCUT2D eigenvalue weighted by Crippen LogP contribution is 2.26. The van der Waals surface area contributed by atoms with E-state index in [1.807, 2.05) is 4.90 Å². The third-order valence-corrected chi connectivity index (χ3v) is 4.16. The molecule has 0 aromatic carbocycles. The standard InChI is InChI=1S/C13H18N4O3/c14-12(19)9-7-11(18)17(8-9)10-1-4-16(5-2-10)13-15-3-6-20-13/h3,6,9-10H,1-2,4-5,7-8H2,(H2,14,19). The molecule has 108 valence electrons. The lowest BCUT2D eigenvalue weighted by Gasteiger charge is -2.36. The molecule has 2 amide bonds. The van der Waals surface area contributed by atoms with Crippen molar-refractivity contribution < 1.29 is 14.0 Å². The number of amides is 2. The van der Waals surface area contributed by atoms with Crippen molar-refractivity contribution in [1.29, 1.82) is 0 Å². The number of hydrogen-bond acceptors (Lipinski definition) is 5. The Balaban J connectivity index is 1.58. The van der Waals surface area contributed by atoms with Crippen molar-refractivity contribution in [2.24, 2.45) is 11.7 Å². The van der Waals surface area contributed by atoms with Crippen LogP contribution in [0.15, 0.2) is 16.9 Å². The second kappa shape index (κ2) is 5.15. The van der Waals surface area contributed by atoms with Crippen LogP contribution in [0.3, 0.4) is 0 Å². The number of hydrogen-bond donors (Lipinski definition) is 1. The molecule has 3 heterocycles. The van der Waals surface area contributed by atoms with E-state index in [1.54, 1.807) is 12.5 Å². The summed E-state index contributed by atoms with van der Waals surface area (Å²) in [6.45, 7) is 2.07. The molecule has 1 aromatic heterocycles. The topological polar surface area (TPSA) is 92.7 Å². The fourth-order valence-corrected chi connectivity index (χ4v) is 3.02. The van der Waals surface area contributed by atoms with Crippen LogP contribution >= 0.6 is 0 Å². The Labute approximate surface area is 116 Å². The molecule has 0 bridgehead atoms. The number of aromatic nitrogens is 1. The Morgan fingerprint density at radius 3 is 2.70 bits per heavy atom. The van der Waals surface area contributed by atoms with Gasteiger partial charge in [-0.1, -0.05) is 0 Å². The van der Waals surface area contributed by atoms with Gasteiger partial charge >= 0.3 is 0 Å². The minimum absolute atomic E-state index is 0.0448. The fourth-order valence-electron chi connectivity index (χ4n) is 3.02. The third kappa shape index (κ3) is 2.35. The molecular weight excluding hydrogens is 260 g/mol. The van der Waals surface area contributed by atoms with Crippen LogP contribution in [0.5, 0.6) is 0 Å². The van der Waals surface area contributed by atoms with Crippen molar-refractivity contribution in [2.45, 2.75) is 25.3 Å². The molecule has 0 radical (unpaired) electrons. The van der Waals surface area contributed by atoms with Crippen LogP contribution in [-0.4, -0.2) is 47.4 Å². The summed E-state index contributed by atoms with van der Waals surface area (Å²) in [5, 5.41) is 0. The minimum Gasteiger partial charge on any atom is -0.432 e. The zero-order chi connectivity index (χ0) is 14.1. The lowest BCUT2D eigenvalue weighted by Crippen LogP contribution is -2.46. The monoisotopic (exact) mass is 278 g/mol. The molecule has 2 N–H and O–H groups in total. The van der Waals surface area contributed by atoms with Crippen molar-refractivity contribution in [3.63, 3.8) is 0 Å². The molecule has 1 aromatic rings. The molecule has 7 heteroatoms. The molecule has 0 aliphatic carbocycles. The number of likely N-dealkylation sites (tertiary alicyclic amines) is 1. The van der Waals surface area contributed by atoms with Crippen LogP contribution in [0.2, 0.25) is 0 Å². The lowest BCUT2D eigenvalue weighted by atomic mass is 10.0. The van der Waals surface area contributed by atoms with E-state index in [2.05, 4.69) is 9.88 Å². The van der Waals surface area contributed by atoms with Crippen molar-refractivity contribution in [1.82, 2.24) is 9.88 Å². The van der Waals surface area contributed by atoms with Gasteiger partial charge in [-0.25, -0.2) is 4.98 Å². The molecule has 2 aliphatic rings. The van der Waals surface area contributed by atoms with E-state index in [0.29, 0.717) is 12.6 Å². The largest absolute Gasteiger partial charge is 0.432 e. The number of oxazole rings is 1. The summed E-state index contributed by atoms with van der Waals surface area (Å²) in [4.78, 5) is 31.2. The first-order chi connectivity index (χ1) is 9.65. The second-order valence-corrected chi connectivity index (χ2v) is 5.38. The summed E-state index contributed by atoms with van der Waals surface area (Å²) in [6.07, 6.45) is 5.17. The maximum absolute atomic E-state index is 12.0. The van der Waals surface area contributed by atoms with Crippen LogP contribution in [0.1, 0.15) is 19.3 Å². The molecule has 1 atom stereocenters. The third-order valence-electron chi connectivity index (χ3n) is 4.16. The van der Waals surface area contributed by atoms with Crippen molar-refractivity contribution in [3.05, 3.63) is 12.5 Å². The molecule has 20 heavy (non-hydrogen) atoms. The van der Waals surface area contributed by atoms with E-state index in [0.717, 1.165) is 25.9 Å². The van der Waals surface area contributed by atoms with E-state index in [9.17, 15) is 9.59 Å². The molecule has 0 spiro atoms. The lowest BCUT2D eigenvalue weighted by molar-refractivity contribution is -0.130. The highest BCUT2D eigenvalue weighted by Gasteiger charge is 2.38. The van der Waals surface area contributed by atoms with Gasteiger partial charge in [0.05, 0.1) is 12.1 Å². The van der Waals surface area contributed by atoms with E-state index in [1.165, 1.54) is 0 Å². The summed E-state index contributed by atoms with van der Waals surface area (Å²) in [7, 11) is 0. The predicted octanol–water partition coefficient (Wildman–Crippen LogP) is -0.0228. The van der Waals surface area contributed by atoms with Gasteiger partial charge in [0.1, 0.15) is 6.26 Å². The van der Waals surface area contributed by atoms with E-state index < -0.39 is 0 Å². The van der Waals surface area contributed by atoms with Crippen molar-refractivity contribution in [3.8, 4) is 0 Å². The SMILES string of the molecule is NC(=O)C1CC(=O)N(C2CCN(c3ncco3)CC2)C1. The first-order valence-electron chi connectivity index (χ1n) is 6.88. The summed E-state index contributed by atoms with van der Waals surface area (Å²) >= 11 is 0. The van der Waals surface area contributed by atoms with Gasteiger partial charge in [-0.15, -0.1) is 0 Å². The van der Waals surface area contributed by atoms with Gasteiger partial charge in [0, 0.05) is 32.1 Å². The van der Waals surface area contributed by atoms with Gasteiger partial charge in [0.2, 0.25) is 11.8 Å². The molecule has 2 fully saturated rings. The average Bonchev–Trinajstić information content (AvgIpc) is 3.08.